The zero-order chi connectivity index (χ0) is 18.6. The SMILES string of the molecule is Cc1c(C=O)cc(-c2ccccc2)n1S(=O)(=O)CC=Cc1cccnc1. The quantitative estimate of drug-likeness (QED) is 0.626. The summed E-state index contributed by atoms with van der Waals surface area (Å²) in [4.78, 5) is 15.3. The Morgan fingerprint density at radius 2 is 1.88 bits per heavy atom. The molecule has 0 bridgehead atoms. The van der Waals surface area contributed by atoms with E-state index in [1.807, 2.05) is 36.4 Å². The lowest BCUT2D eigenvalue weighted by Crippen LogP contribution is -2.18. The highest BCUT2D eigenvalue weighted by atomic mass is 32.2. The summed E-state index contributed by atoms with van der Waals surface area (Å²) < 4.78 is 27.1. The minimum absolute atomic E-state index is 0.185. The van der Waals surface area contributed by atoms with Gasteiger partial charge in [0, 0.05) is 23.7 Å². The van der Waals surface area contributed by atoms with Crippen molar-refractivity contribution in [1.82, 2.24) is 8.96 Å². The Bertz CT molecular complexity index is 1040. The molecule has 0 aliphatic carbocycles. The van der Waals surface area contributed by atoms with Crippen LogP contribution in [-0.2, 0) is 10.0 Å². The Morgan fingerprint density at radius 1 is 1.12 bits per heavy atom. The van der Waals surface area contributed by atoms with Gasteiger partial charge in [0.05, 0.1) is 11.4 Å². The maximum atomic E-state index is 12.9. The van der Waals surface area contributed by atoms with E-state index in [1.54, 1.807) is 43.6 Å². The summed E-state index contributed by atoms with van der Waals surface area (Å²) in [5.74, 6) is -0.185. The first-order valence-corrected chi connectivity index (χ1v) is 9.66. The minimum Gasteiger partial charge on any atom is -0.298 e. The number of benzene rings is 1. The highest BCUT2D eigenvalue weighted by Gasteiger charge is 2.22. The van der Waals surface area contributed by atoms with Crippen LogP contribution in [0.2, 0.25) is 0 Å². The average molecular weight is 366 g/mol. The van der Waals surface area contributed by atoms with Crippen molar-refractivity contribution in [2.75, 3.05) is 5.75 Å². The van der Waals surface area contributed by atoms with Gasteiger partial charge in [-0.05, 0) is 30.2 Å². The molecule has 5 nitrogen and oxygen atoms in total. The summed E-state index contributed by atoms with van der Waals surface area (Å²) in [5, 5.41) is 0. The van der Waals surface area contributed by atoms with Crippen LogP contribution in [0.15, 0.2) is 67.0 Å². The number of aromatic nitrogens is 2. The maximum Gasteiger partial charge on any atom is 0.242 e. The predicted octanol–water partition coefficient (Wildman–Crippen LogP) is 3.56. The number of carbonyl (C=O) groups excluding carboxylic acids is 1. The average Bonchev–Trinajstić information content (AvgIpc) is 3.00. The molecule has 0 saturated heterocycles. The van der Waals surface area contributed by atoms with E-state index in [-0.39, 0.29) is 5.75 Å². The number of hydrogen-bond donors (Lipinski definition) is 0. The molecule has 3 aromatic rings. The molecule has 3 rings (SSSR count). The second-order valence-corrected chi connectivity index (χ2v) is 7.65. The fraction of sp³-hybridized carbons (Fsp3) is 0.100. The van der Waals surface area contributed by atoms with Gasteiger partial charge in [0.15, 0.2) is 6.29 Å². The van der Waals surface area contributed by atoms with Gasteiger partial charge >= 0.3 is 0 Å². The molecule has 0 saturated carbocycles. The topological polar surface area (TPSA) is 69.0 Å². The van der Waals surface area contributed by atoms with Gasteiger partial charge < -0.3 is 0 Å². The van der Waals surface area contributed by atoms with Crippen molar-refractivity contribution < 1.29 is 13.2 Å². The summed E-state index contributed by atoms with van der Waals surface area (Å²) in [6.45, 7) is 1.64. The van der Waals surface area contributed by atoms with Crippen molar-refractivity contribution in [2.45, 2.75) is 6.92 Å². The van der Waals surface area contributed by atoms with E-state index in [9.17, 15) is 13.2 Å². The Kier molecular flexibility index (Phi) is 5.14. The van der Waals surface area contributed by atoms with Crippen LogP contribution < -0.4 is 0 Å². The van der Waals surface area contributed by atoms with Gasteiger partial charge in [-0.3, -0.25) is 9.78 Å². The molecule has 0 N–H and O–H groups in total. The zero-order valence-electron chi connectivity index (χ0n) is 14.2. The summed E-state index contributed by atoms with van der Waals surface area (Å²) >= 11 is 0. The third-order valence-electron chi connectivity index (χ3n) is 4.01. The van der Waals surface area contributed by atoms with Crippen molar-refractivity contribution in [2.24, 2.45) is 0 Å². The number of aldehydes is 1. The highest BCUT2D eigenvalue weighted by Crippen LogP contribution is 2.27. The second-order valence-electron chi connectivity index (χ2n) is 5.79. The van der Waals surface area contributed by atoms with E-state index in [0.29, 0.717) is 23.2 Å². The van der Waals surface area contributed by atoms with Gasteiger partial charge in [0.2, 0.25) is 10.0 Å². The van der Waals surface area contributed by atoms with E-state index in [0.717, 1.165) is 11.1 Å². The molecule has 0 radical (unpaired) electrons. The number of hydrogen-bond acceptors (Lipinski definition) is 4. The van der Waals surface area contributed by atoms with Crippen LogP contribution in [0.5, 0.6) is 0 Å². The van der Waals surface area contributed by atoms with Crippen LogP contribution in [0.3, 0.4) is 0 Å². The van der Waals surface area contributed by atoms with Gasteiger partial charge in [0.25, 0.3) is 0 Å². The van der Waals surface area contributed by atoms with Crippen LogP contribution in [0.1, 0.15) is 21.6 Å². The molecule has 26 heavy (non-hydrogen) atoms. The smallest absolute Gasteiger partial charge is 0.242 e. The minimum atomic E-state index is -3.68. The first-order chi connectivity index (χ1) is 12.5. The monoisotopic (exact) mass is 366 g/mol. The normalized spacial score (nSPS) is 11.7. The molecule has 2 heterocycles. The largest absolute Gasteiger partial charge is 0.298 e. The van der Waals surface area contributed by atoms with E-state index < -0.39 is 10.0 Å². The summed E-state index contributed by atoms with van der Waals surface area (Å²) in [5.41, 5.74) is 2.82. The van der Waals surface area contributed by atoms with Crippen molar-refractivity contribution in [3.63, 3.8) is 0 Å². The van der Waals surface area contributed by atoms with Gasteiger partial charge in [-0.15, -0.1) is 0 Å². The molecule has 2 aromatic heterocycles. The van der Waals surface area contributed by atoms with Crippen molar-refractivity contribution in [1.29, 1.82) is 0 Å². The summed E-state index contributed by atoms with van der Waals surface area (Å²) in [6, 6.07) is 14.4. The van der Waals surface area contributed by atoms with E-state index in [4.69, 9.17) is 0 Å². The Labute approximate surface area is 152 Å². The predicted molar refractivity (Wildman–Crippen MR) is 102 cm³/mol. The molecular formula is C20H18N2O3S. The first-order valence-electron chi connectivity index (χ1n) is 8.05. The molecule has 0 aliphatic rings. The lowest BCUT2D eigenvalue weighted by Gasteiger charge is -2.11. The van der Waals surface area contributed by atoms with Crippen molar-refractivity contribution in [3.8, 4) is 11.3 Å². The van der Waals surface area contributed by atoms with Crippen molar-refractivity contribution >= 4 is 22.4 Å². The number of nitrogens with zero attached hydrogens (tertiary/aromatic N) is 2. The Hall–Kier alpha value is -2.99. The molecular weight excluding hydrogens is 348 g/mol. The molecule has 0 atom stereocenters. The van der Waals surface area contributed by atoms with Crippen LogP contribution in [0.25, 0.3) is 17.3 Å². The molecule has 0 fully saturated rings. The fourth-order valence-corrected chi connectivity index (χ4v) is 4.22. The van der Waals surface area contributed by atoms with Crippen LogP contribution in [0, 0.1) is 6.92 Å². The van der Waals surface area contributed by atoms with Gasteiger partial charge in [-0.25, -0.2) is 12.4 Å². The van der Waals surface area contributed by atoms with Crippen LogP contribution in [-0.4, -0.2) is 29.4 Å². The Morgan fingerprint density at radius 3 is 2.54 bits per heavy atom. The summed E-state index contributed by atoms with van der Waals surface area (Å²) in [7, 11) is -3.68. The van der Waals surface area contributed by atoms with E-state index >= 15 is 0 Å². The molecule has 0 spiro atoms. The van der Waals surface area contributed by atoms with Crippen LogP contribution in [0.4, 0.5) is 0 Å². The van der Waals surface area contributed by atoms with Crippen LogP contribution >= 0.6 is 0 Å². The number of rotatable bonds is 6. The summed E-state index contributed by atoms with van der Waals surface area (Å²) in [6.07, 6.45) is 7.29. The highest BCUT2D eigenvalue weighted by molar-refractivity contribution is 7.90. The lowest BCUT2D eigenvalue weighted by atomic mass is 10.1. The molecule has 0 unspecified atom stereocenters. The van der Waals surface area contributed by atoms with Crippen molar-refractivity contribution in [3.05, 3.63) is 83.8 Å². The molecule has 132 valence electrons. The zero-order valence-corrected chi connectivity index (χ0v) is 15.1. The maximum absolute atomic E-state index is 12.9. The molecule has 0 amide bonds. The fourth-order valence-electron chi connectivity index (χ4n) is 2.75. The third-order valence-corrected chi connectivity index (χ3v) is 5.65. The number of carbonyl (C=O) groups is 1. The van der Waals surface area contributed by atoms with Gasteiger partial charge in [-0.2, -0.15) is 0 Å². The second kappa shape index (κ2) is 7.49. The molecule has 6 heteroatoms. The Balaban J connectivity index is 2.00. The van der Waals surface area contributed by atoms with Gasteiger partial charge in [0.1, 0.15) is 0 Å². The first kappa shape index (κ1) is 17.8. The van der Waals surface area contributed by atoms with E-state index in [1.165, 1.54) is 3.97 Å². The number of pyridine rings is 1. The third kappa shape index (κ3) is 3.65. The lowest BCUT2D eigenvalue weighted by molar-refractivity contribution is 0.112. The van der Waals surface area contributed by atoms with E-state index in [2.05, 4.69) is 4.98 Å². The molecule has 0 aliphatic heterocycles. The standard InChI is InChI=1S/C20H18N2O3S/c1-16-19(15-23)13-20(18-9-3-2-4-10-18)22(16)26(24,25)12-6-8-17-7-5-11-21-14-17/h2-11,13-15H,12H2,1H3. The molecule has 1 aromatic carbocycles. The van der Waals surface area contributed by atoms with Gasteiger partial charge in [-0.1, -0.05) is 48.6 Å².